The molecule has 1 unspecified atom stereocenters. The number of rotatable bonds is 11. The quantitative estimate of drug-likeness (QED) is 0.318. The zero-order chi connectivity index (χ0) is 14.1. The molecule has 0 bridgehead atoms. The van der Waals surface area contributed by atoms with E-state index in [1.54, 1.807) is 0 Å². The molecule has 0 aliphatic carbocycles. The molecular formula is C9H25Na3O7P2. The van der Waals surface area contributed by atoms with Crippen LogP contribution in [0.4, 0.5) is 0 Å². The molecule has 0 rings (SSSR count). The van der Waals surface area contributed by atoms with Crippen LogP contribution in [-0.2, 0) is 22.5 Å². The van der Waals surface area contributed by atoms with E-state index in [2.05, 4.69) is 15.8 Å². The molecule has 0 fully saturated rings. The molecule has 7 nitrogen and oxygen atoms in total. The Bertz CT molecular complexity index is 314. The van der Waals surface area contributed by atoms with E-state index >= 15 is 0 Å². The third-order valence-electron chi connectivity index (χ3n) is 2.18. The molecule has 0 saturated carbocycles. The van der Waals surface area contributed by atoms with Crippen LogP contribution in [0.25, 0.3) is 0 Å². The Labute approximate surface area is 193 Å². The van der Waals surface area contributed by atoms with Crippen molar-refractivity contribution in [2.75, 3.05) is 13.7 Å². The van der Waals surface area contributed by atoms with E-state index in [4.69, 9.17) is 14.3 Å². The standard InChI is InChI=1S/C9H22O7P2.3Na.3H/c1-3-4-5-6-7-8-9-15-18(13,14-2)16-17(10,11)12;;;;;;/h3-9H2,1-2H3,(H2,10,11,12);;;;;;. The van der Waals surface area contributed by atoms with Crippen LogP contribution in [0.3, 0.4) is 0 Å². The summed E-state index contributed by atoms with van der Waals surface area (Å²) in [5.74, 6) is 0. The van der Waals surface area contributed by atoms with Crippen LogP contribution in [0.15, 0.2) is 0 Å². The van der Waals surface area contributed by atoms with Gasteiger partial charge in [-0.1, -0.05) is 39.0 Å². The molecule has 0 aliphatic heterocycles. The van der Waals surface area contributed by atoms with Gasteiger partial charge in [0.05, 0.1) is 6.61 Å². The van der Waals surface area contributed by atoms with E-state index in [9.17, 15) is 9.13 Å². The van der Waals surface area contributed by atoms with Gasteiger partial charge in [0, 0.05) is 7.11 Å². The van der Waals surface area contributed by atoms with Gasteiger partial charge in [-0.05, 0) is 6.42 Å². The Morgan fingerprint density at radius 1 is 0.905 bits per heavy atom. The van der Waals surface area contributed by atoms with Crippen LogP contribution in [0, 0.1) is 0 Å². The molecule has 0 heterocycles. The fourth-order valence-electron chi connectivity index (χ4n) is 1.30. The second-order valence-electron chi connectivity index (χ2n) is 3.80. The summed E-state index contributed by atoms with van der Waals surface area (Å²) in [6.07, 6.45) is 6.07. The number of phosphoric acid groups is 2. The second kappa shape index (κ2) is 18.1. The Morgan fingerprint density at radius 3 is 1.81 bits per heavy atom. The van der Waals surface area contributed by atoms with E-state index in [0.29, 0.717) is 6.42 Å². The third-order valence-corrected chi connectivity index (χ3v) is 4.77. The van der Waals surface area contributed by atoms with E-state index in [-0.39, 0.29) is 95.3 Å². The van der Waals surface area contributed by atoms with Crippen LogP contribution in [0.2, 0.25) is 0 Å². The second-order valence-corrected chi connectivity index (χ2v) is 6.96. The van der Waals surface area contributed by atoms with Gasteiger partial charge in [-0.2, -0.15) is 4.31 Å². The van der Waals surface area contributed by atoms with Crippen molar-refractivity contribution < 1.29 is 32.3 Å². The predicted octanol–water partition coefficient (Wildman–Crippen LogP) is 1.28. The first-order valence-corrected chi connectivity index (χ1v) is 8.89. The summed E-state index contributed by atoms with van der Waals surface area (Å²) in [6.45, 7) is 2.20. The summed E-state index contributed by atoms with van der Waals surface area (Å²) >= 11 is 0. The zero-order valence-corrected chi connectivity index (χ0v) is 12.6. The average Bonchev–Trinajstić information content (AvgIpc) is 2.25. The van der Waals surface area contributed by atoms with Crippen molar-refractivity contribution in [3.8, 4) is 0 Å². The van der Waals surface area contributed by atoms with Crippen LogP contribution < -0.4 is 0 Å². The molecule has 0 aromatic heterocycles. The van der Waals surface area contributed by atoms with Crippen molar-refractivity contribution in [2.24, 2.45) is 0 Å². The van der Waals surface area contributed by atoms with E-state index in [0.717, 1.165) is 32.8 Å². The summed E-state index contributed by atoms with van der Waals surface area (Å²) in [7, 11) is -8.02. The topological polar surface area (TPSA) is 102 Å². The molecule has 0 saturated heterocycles. The number of unbranched alkanes of at least 4 members (excludes halogenated alkanes) is 5. The molecule has 2 N–H and O–H groups in total. The first kappa shape index (κ1) is 32.0. The monoisotopic (exact) mass is 376 g/mol. The van der Waals surface area contributed by atoms with Crippen molar-refractivity contribution in [2.45, 2.75) is 45.4 Å². The summed E-state index contributed by atoms with van der Waals surface area (Å²) in [5.41, 5.74) is 0. The molecule has 1 atom stereocenters. The van der Waals surface area contributed by atoms with Crippen molar-refractivity contribution in [3.63, 3.8) is 0 Å². The van der Waals surface area contributed by atoms with Crippen LogP contribution >= 0.6 is 15.6 Å². The summed E-state index contributed by atoms with van der Waals surface area (Å²) < 4.78 is 35.3. The Hall–Kier alpha value is 3.26. The number of hydrogen-bond acceptors (Lipinski definition) is 5. The number of phosphoric ester groups is 1. The molecular weight excluding hydrogens is 351 g/mol. The van der Waals surface area contributed by atoms with E-state index < -0.39 is 15.6 Å². The van der Waals surface area contributed by atoms with Crippen LogP contribution in [-0.4, -0.2) is 112 Å². The Kier molecular flexibility index (Phi) is 27.5. The van der Waals surface area contributed by atoms with Gasteiger partial charge in [-0.25, -0.2) is 9.13 Å². The molecule has 21 heavy (non-hydrogen) atoms. The maximum atomic E-state index is 11.6. The SMILES string of the molecule is CCCCCCCCOP(=O)(OC)OP(=O)(O)O.[NaH].[NaH].[NaH]. The molecule has 0 aromatic rings. The minimum atomic E-state index is -4.89. The fourth-order valence-corrected chi connectivity index (χ4v) is 3.25. The molecule has 116 valence electrons. The van der Waals surface area contributed by atoms with Gasteiger partial charge in [0.1, 0.15) is 0 Å². The van der Waals surface area contributed by atoms with Gasteiger partial charge < -0.3 is 9.79 Å². The van der Waals surface area contributed by atoms with Crippen molar-refractivity contribution >= 4 is 104 Å². The predicted molar refractivity (Wildman–Crippen MR) is 88.5 cm³/mol. The third kappa shape index (κ3) is 21.2. The Balaban J connectivity index is -0.000000482. The van der Waals surface area contributed by atoms with Gasteiger partial charge >= 0.3 is 104 Å². The normalized spacial score (nSPS) is 13.3. The maximum absolute atomic E-state index is 11.6. The molecule has 0 amide bonds. The molecule has 0 spiro atoms. The first-order chi connectivity index (χ1) is 8.33. The van der Waals surface area contributed by atoms with Crippen molar-refractivity contribution in [1.29, 1.82) is 0 Å². The minimum absolute atomic E-state index is 0. The van der Waals surface area contributed by atoms with E-state index in [1.807, 2.05) is 0 Å². The van der Waals surface area contributed by atoms with Gasteiger partial charge in [-0.3, -0.25) is 9.05 Å². The summed E-state index contributed by atoms with van der Waals surface area (Å²) in [6, 6.07) is 0. The van der Waals surface area contributed by atoms with Gasteiger partial charge in [0.15, 0.2) is 0 Å². The number of hydrogen-bond donors (Lipinski definition) is 2. The molecule has 0 aromatic carbocycles. The van der Waals surface area contributed by atoms with Gasteiger partial charge in [-0.15, -0.1) is 0 Å². The first-order valence-electron chi connectivity index (χ1n) is 5.90. The Morgan fingerprint density at radius 2 is 1.38 bits per heavy atom. The van der Waals surface area contributed by atoms with Crippen LogP contribution in [0.1, 0.15) is 45.4 Å². The van der Waals surface area contributed by atoms with Gasteiger partial charge in [0.25, 0.3) is 0 Å². The van der Waals surface area contributed by atoms with Crippen molar-refractivity contribution in [3.05, 3.63) is 0 Å². The van der Waals surface area contributed by atoms with Gasteiger partial charge in [0.2, 0.25) is 0 Å². The van der Waals surface area contributed by atoms with E-state index in [1.165, 1.54) is 6.42 Å². The van der Waals surface area contributed by atoms with Crippen LogP contribution in [0.5, 0.6) is 0 Å². The molecule has 0 radical (unpaired) electrons. The molecule has 12 heteroatoms. The summed E-state index contributed by atoms with van der Waals surface area (Å²) in [4.78, 5) is 17.1. The van der Waals surface area contributed by atoms with Crippen molar-refractivity contribution in [1.82, 2.24) is 0 Å². The zero-order valence-electron chi connectivity index (χ0n) is 10.8. The summed E-state index contributed by atoms with van der Waals surface area (Å²) in [5, 5.41) is 0. The molecule has 0 aliphatic rings. The fraction of sp³-hybridized carbons (Fsp3) is 1.00. The average molecular weight is 376 g/mol.